The van der Waals surface area contributed by atoms with Crippen molar-refractivity contribution < 1.29 is 9.47 Å². The van der Waals surface area contributed by atoms with E-state index >= 15 is 0 Å². The van der Waals surface area contributed by atoms with Crippen LogP contribution >= 0.6 is 0 Å². The summed E-state index contributed by atoms with van der Waals surface area (Å²) in [5.74, 6) is 2.50. The number of methoxy groups -OCH3 is 1. The van der Waals surface area contributed by atoms with Crippen molar-refractivity contribution in [2.45, 2.75) is 33.1 Å². The molecule has 0 heterocycles. The Hall–Kier alpha value is -2.16. The fraction of sp³-hybridized carbons (Fsp3) is 0.333. The third kappa shape index (κ3) is 3.48. The fourth-order valence-corrected chi connectivity index (χ4v) is 2.22. The van der Waals surface area contributed by atoms with E-state index in [1.165, 1.54) is 0 Å². The number of aryl methyl sites for hydroxylation is 1. The number of nitrogen functional groups attached to an aromatic ring is 1. The number of hydrogen-bond donors (Lipinski definition) is 1. The van der Waals surface area contributed by atoms with Gasteiger partial charge in [-0.25, -0.2) is 0 Å². The van der Waals surface area contributed by atoms with Gasteiger partial charge in [0.1, 0.15) is 17.2 Å². The van der Waals surface area contributed by atoms with Gasteiger partial charge in [-0.15, -0.1) is 0 Å². The number of nitrogens with two attached hydrogens (primary N) is 1. The van der Waals surface area contributed by atoms with Crippen LogP contribution in [0.4, 0.5) is 5.69 Å². The minimum atomic E-state index is -0.0361. The van der Waals surface area contributed by atoms with Crippen molar-refractivity contribution >= 4 is 5.69 Å². The maximum absolute atomic E-state index is 6.11. The van der Waals surface area contributed by atoms with Gasteiger partial charge in [0.25, 0.3) is 0 Å². The van der Waals surface area contributed by atoms with E-state index in [0.29, 0.717) is 0 Å². The molecule has 0 aromatic heterocycles. The summed E-state index contributed by atoms with van der Waals surface area (Å²) in [5.41, 5.74) is 8.62. The van der Waals surface area contributed by atoms with E-state index in [9.17, 15) is 0 Å². The molecule has 112 valence electrons. The number of rotatable bonds is 3. The second-order valence-electron chi connectivity index (χ2n) is 6.24. The Morgan fingerprint density at radius 2 is 1.62 bits per heavy atom. The zero-order chi connectivity index (χ0) is 15.6. The second kappa shape index (κ2) is 5.68. The van der Waals surface area contributed by atoms with Gasteiger partial charge in [0, 0.05) is 11.3 Å². The first-order chi connectivity index (χ1) is 9.81. The summed E-state index contributed by atoms with van der Waals surface area (Å²) in [6.45, 7) is 8.46. The molecule has 2 aromatic rings. The summed E-state index contributed by atoms with van der Waals surface area (Å²) >= 11 is 0. The van der Waals surface area contributed by atoms with Crippen LogP contribution in [0.3, 0.4) is 0 Å². The van der Waals surface area contributed by atoms with Gasteiger partial charge in [0.15, 0.2) is 0 Å². The number of ether oxygens (including phenoxy) is 2. The van der Waals surface area contributed by atoms with Crippen molar-refractivity contribution in [2.75, 3.05) is 12.8 Å². The summed E-state index contributed by atoms with van der Waals surface area (Å²) in [5, 5.41) is 0. The van der Waals surface area contributed by atoms with Crippen LogP contribution in [0, 0.1) is 6.92 Å². The van der Waals surface area contributed by atoms with Crippen molar-refractivity contribution in [1.82, 2.24) is 0 Å². The smallest absolute Gasteiger partial charge is 0.131 e. The Bertz CT molecular complexity index is 642. The van der Waals surface area contributed by atoms with Gasteiger partial charge in [-0.1, -0.05) is 20.8 Å². The summed E-state index contributed by atoms with van der Waals surface area (Å²) in [4.78, 5) is 0. The standard InChI is InChI=1S/C18H23NO2/c1-12-10-13(19)6-8-16(12)21-17-9-7-14(20-5)11-15(17)18(2,3)4/h6-11H,19H2,1-5H3. The Labute approximate surface area is 126 Å². The van der Waals surface area contributed by atoms with E-state index in [0.717, 1.165) is 34.1 Å². The largest absolute Gasteiger partial charge is 0.497 e. The highest BCUT2D eigenvalue weighted by molar-refractivity contribution is 5.51. The fourth-order valence-electron chi connectivity index (χ4n) is 2.22. The predicted molar refractivity (Wildman–Crippen MR) is 87.4 cm³/mol. The maximum atomic E-state index is 6.11. The first-order valence-corrected chi connectivity index (χ1v) is 7.04. The van der Waals surface area contributed by atoms with Crippen LogP contribution in [-0.2, 0) is 5.41 Å². The lowest BCUT2D eigenvalue weighted by Crippen LogP contribution is -2.13. The normalized spacial score (nSPS) is 11.3. The van der Waals surface area contributed by atoms with E-state index in [2.05, 4.69) is 20.8 Å². The molecule has 2 N–H and O–H groups in total. The molecule has 21 heavy (non-hydrogen) atoms. The summed E-state index contributed by atoms with van der Waals surface area (Å²) in [6, 6.07) is 11.6. The molecular formula is C18H23NO2. The van der Waals surface area contributed by atoms with Gasteiger partial charge in [-0.3, -0.25) is 0 Å². The molecule has 0 bridgehead atoms. The SMILES string of the molecule is COc1ccc(Oc2ccc(N)cc2C)c(C(C)(C)C)c1. The van der Waals surface area contributed by atoms with Crippen LogP contribution in [0.5, 0.6) is 17.2 Å². The molecule has 0 spiro atoms. The molecule has 0 saturated heterocycles. The van der Waals surface area contributed by atoms with Crippen molar-refractivity contribution in [1.29, 1.82) is 0 Å². The Morgan fingerprint density at radius 1 is 0.952 bits per heavy atom. The zero-order valence-corrected chi connectivity index (χ0v) is 13.4. The molecule has 0 atom stereocenters. The summed E-state index contributed by atoms with van der Waals surface area (Å²) in [6.07, 6.45) is 0. The quantitative estimate of drug-likeness (QED) is 0.833. The molecule has 0 aliphatic carbocycles. The van der Waals surface area contributed by atoms with Crippen LogP contribution < -0.4 is 15.2 Å². The third-order valence-electron chi connectivity index (χ3n) is 3.41. The van der Waals surface area contributed by atoms with E-state index in [4.69, 9.17) is 15.2 Å². The Balaban J connectivity index is 2.44. The third-order valence-corrected chi connectivity index (χ3v) is 3.41. The first-order valence-electron chi connectivity index (χ1n) is 7.04. The summed E-state index contributed by atoms with van der Waals surface area (Å²) in [7, 11) is 1.67. The van der Waals surface area contributed by atoms with E-state index < -0.39 is 0 Å². The average molecular weight is 285 g/mol. The van der Waals surface area contributed by atoms with Gasteiger partial charge >= 0.3 is 0 Å². The van der Waals surface area contributed by atoms with Crippen LogP contribution in [0.2, 0.25) is 0 Å². The number of benzene rings is 2. The van der Waals surface area contributed by atoms with Gasteiger partial charge < -0.3 is 15.2 Å². The molecule has 3 heteroatoms. The van der Waals surface area contributed by atoms with Crippen molar-refractivity contribution in [3.05, 3.63) is 47.5 Å². The van der Waals surface area contributed by atoms with E-state index in [-0.39, 0.29) is 5.41 Å². The highest BCUT2D eigenvalue weighted by Crippen LogP contribution is 2.37. The maximum Gasteiger partial charge on any atom is 0.131 e. The monoisotopic (exact) mass is 285 g/mol. The molecule has 0 amide bonds. The molecule has 2 aromatic carbocycles. The molecule has 0 radical (unpaired) electrons. The van der Waals surface area contributed by atoms with Crippen LogP contribution in [-0.4, -0.2) is 7.11 Å². The molecule has 0 aliphatic rings. The topological polar surface area (TPSA) is 44.5 Å². The minimum absolute atomic E-state index is 0.0361. The van der Waals surface area contributed by atoms with Crippen LogP contribution in [0.1, 0.15) is 31.9 Å². The molecular weight excluding hydrogens is 262 g/mol. The zero-order valence-electron chi connectivity index (χ0n) is 13.4. The van der Waals surface area contributed by atoms with E-state index in [1.807, 2.05) is 43.3 Å². The van der Waals surface area contributed by atoms with Crippen LogP contribution in [0.25, 0.3) is 0 Å². The lowest BCUT2D eigenvalue weighted by Gasteiger charge is -2.23. The highest BCUT2D eigenvalue weighted by Gasteiger charge is 2.20. The molecule has 3 nitrogen and oxygen atoms in total. The van der Waals surface area contributed by atoms with Crippen LogP contribution in [0.15, 0.2) is 36.4 Å². The van der Waals surface area contributed by atoms with E-state index in [1.54, 1.807) is 7.11 Å². The molecule has 0 aliphatic heterocycles. The Morgan fingerprint density at radius 3 is 2.19 bits per heavy atom. The molecule has 0 fully saturated rings. The lowest BCUT2D eigenvalue weighted by molar-refractivity contribution is 0.407. The molecule has 0 saturated carbocycles. The Kier molecular flexibility index (Phi) is 4.12. The number of hydrogen-bond acceptors (Lipinski definition) is 3. The number of anilines is 1. The molecule has 2 rings (SSSR count). The summed E-state index contributed by atoms with van der Waals surface area (Å²) < 4.78 is 11.4. The van der Waals surface area contributed by atoms with Gasteiger partial charge in [-0.05, 0) is 54.3 Å². The van der Waals surface area contributed by atoms with Gasteiger partial charge in [0.05, 0.1) is 7.11 Å². The average Bonchev–Trinajstić information content (AvgIpc) is 2.41. The van der Waals surface area contributed by atoms with Gasteiger partial charge in [-0.2, -0.15) is 0 Å². The predicted octanol–water partition coefficient (Wildman–Crippen LogP) is 4.68. The first kappa shape index (κ1) is 15.2. The van der Waals surface area contributed by atoms with Crippen molar-refractivity contribution in [2.24, 2.45) is 0 Å². The van der Waals surface area contributed by atoms with Crippen molar-refractivity contribution in [3.8, 4) is 17.2 Å². The minimum Gasteiger partial charge on any atom is -0.497 e. The molecule has 0 unspecified atom stereocenters. The lowest BCUT2D eigenvalue weighted by atomic mass is 9.86. The highest BCUT2D eigenvalue weighted by atomic mass is 16.5. The second-order valence-corrected chi connectivity index (χ2v) is 6.24. The van der Waals surface area contributed by atoms with Crippen molar-refractivity contribution in [3.63, 3.8) is 0 Å². The van der Waals surface area contributed by atoms with Gasteiger partial charge in [0.2, 0.25) is 0 Å².